The standard InChI is InChI=1S/C12H21N3.C10H17N3.C9H14N2.C8H12N2.C6H9N3.C6H8S.C4H5N3/c1-8-13-9(11(2,3)4)15-10(14-8)12(5,6)7;1-6(2)9-11-8(5)12-10(13-9)7(3)4;1-6(2)9-7(3)8(4)10-5-11-9;1-6(2)8-7(3)4-9-5-10-8;1-4-7-5(2)9-6(3)8-4;1-5-3-4-7-6(5)2;1-4-6-2-5-3-7-4/h1-7H3;6-7H,1-5H3;5-6H,1-4H3;4-6H,1-3H3;1-3H3;3-4H,1-2H3;2-3H,1H3. The van der Waals surface area contributed by atoms with Gasteiger partial charge in [0.15, 0.2) is 0 Å². The van der Waals surface area contributed by atoms with Crippen molar-refractivity contribution in [3.8, 4) is 0 Å². The molecule has 0 radical (unpaired) electrons. The van der Waals surface area contributed by atoms with Crippen LogP contribution in [0.2, 0.25) is 0 Å². The average Bonchev–Trinajstić information content (AvgIpc) is 3.65. The first kappa shape index (κ1) is 63.9. The summed E-state index contributed by atoms with van der Waals surface area (Å²) in [4.78, 5) is 67.4. The van der Waals surface area contributed by atoms with E-state index in [1.165, 1.54) is 34.2 Å². The summed E-state index contributed by atoms with van der Waals surface area (Å²) in [6.07, 6.45) is 8.03. The van der Waals surface area contributed by atoms with Gasteiger partial charge in [0.05, 0.1) is 0 Å². The minimum Gasteiger partial charge on any atom is -0.245 e. The molecule has 0 aromatic carbocycles. The lowest BCUT2D eigenvalue weighted by Gasteiger charge is -2.22. The third-order valence-electron chi connectivity index (χ3n) is 10.0. The summed E-state index contributed by atoms with van der Waals surface area (Å²) in [5, 5.41) is 2.12. The Bertz CT molecular complexity index is 2520. The molecule has 0 N–H and O–H groups in total. The predicted octanol–water partition coefficient (Wildman–Crippen LogP) is 12.7. The van der Waals surface area contributed by atoms with Crippen molar-refractivity contribution in [2.45, 2.75) is 208 Å². The van der Waals surface area contributed by atoms with Crippen molar-refractivity contribution in [3.05, 3.63) is 140 Å². The zero-order valence-corrected chi connectivity index (χ0v) is 49.2. The van der Waals surface area contributed by atoms with E-state index in [1.54, 1.807) is 24.0 Å². The molecule has 0 saturated carbocycles. The van der Waals surface area contributed by atoms with E-state index in [4.69, 9.17) is 0 Å². The Morgan fingerprint density at radius 1 is 0.389 bits per heavy atom. The molecular weight excluding hydrogens is 917 g/mol. The molecule has 72 heavy (non-hydrogen) atoms. The number of hydrogen-bond donors (Lipinski definition) is 0. The maximum Gasteiger partial charge on any atom is 0.137 e. The number of aryl methyl sites for hydroxylation is 10. The van der Waals surface area contributed by atoms with Crippen LogP contribution in [0.4, 0.5) is 0 Å². The maximum absolute atomic E-state index is 4.55. The highest BCUT2D eigenvalue weighted by Crippen LogP contribution is 2.23. The van der Waals surface area contributed by atoms with Gasteiger partial charge in [0.25, 0.3) is 0 Å². The van der Waals surface area contributed by atoms with Gasteiger partial charge < -0.3 is 0 Å². The van der Waals surface area contributed by atoms with Gasteiger partial charge in [0.1, 0.15) is 83.6 Å². The van der Waals surface area contributed by atoms with E-state index in [9.17, 15) is 0 Å². The molecule has 0 amide bonds. The Hall–Kier alpha value is -6.10. The van der Waals surface area contributed by atoms with Gasteiger partial charge in [0, 0.05) is 50.8 Å². The molecule has 392 valence electrons. The van der Waals surface area contributed by atoms with Gasteiger partial charge in [-0.2, -0.15) is 0 Å². The fourth-order valence-corrected chi connectivity index (χ4v) is 6.60. The van der Waals surface area contributed by atoms with E-state index in [0.29, 0.717) is 23.7 Å². The van der Waals surface area contributed by atoms with Gasteiger partial charge in [-0.3, -0.25) is 0 Å². The molecule has 0 aliphatic heterocycles. The van der Waals surface area contributed by atoms with Gasteiger partial charge in [-0.05, 0) is 116 Å². The largest absolute Gasteiger partial charge is 0.245 e. The molecule has 0 aliphatic carbocycles. The Morgan fingerprint density at radius 3 is 1.11 bits per heavy atom. The minimum atomic E-state index is -0.0201. The van der Waals surface area contributed by atoms with Crippen molar-refractivity contribution in [1.29, 1.82) is 0 Å². The smallest absolute Gasteiger partial charge is 0.137 e. The van der Waals surface area contributed by atoms with Crippen molar-refractivity contribution in [2.24, 2.45) is 0 Å². The first-order valence-corrected chi connectivity index (χ1v) is 25.5. The van der Waals surface area contributed by atoms with E-state index < -0.39 is 0 Å². The second-order valence-corrected chi connectivity index (χ2v) is 21.8. The van der Waals surface area contributed by atoms with E-state index in [0.717, 1.165) is 75.3 Å². The molecule has 0 saturated heterocycles. The van der Waals surface area contributed by atoms with E-state index in [1.807, 2.05) is 61.6 Å². The van der Waals surface area contributed by atoms with Crippen LogP contribution in [0.25, 0.3) is 0 Å². The van der Waals surface area contributed by atoms with Gasteiger partial charge in [-0.15, -0.1) is 11.3 Å². The maximum atomic E-state index is 4.55. The average molecular weight is 1000 g/mol. The molecule has 7 aromatic rings. The fourth-order valence-electron chi connectivity index (χ4n) is 5.87. The van der Waals surface area contributed by atoms with Gasteiger partial charge in [0.2, 0.25) is 0 Å². The summed E-state index contributed by atoms with van der Waals surface area (Å²) in [5.41, 5.74) is 7.17. The highest BCUT2D eigenvalue weighted by molar-refractivity contribution is 7.10. The summed E-state index contributed by atoms with van der Waals surface area (Å²) in [7, 11) is 0. The molecule has 0 bridgehead atoms. The number of rotatable bonds is 4. The Labute approximate surface area is 436 Å². The second kappa shape index (κ2) is 30.7. The van der Waals surface area contributed by atoms with Crippen LogP contribution in [-0.2, 0) is 10.8 Å². The van der Waals surface area contributed by atoms with Crippen LogP contribution in [0, 0.1) is 76.2 Å². The van der Waals surface area contributed by atoms with Crippen LogP contribution in [0.3, 0.4) is 0 Å². The van der Waals surface area contributed by atoms with Crippen LogP contribution in [-0.4, -0.2) is 79.7 Å². The molecular formula is C55H86N16S. The second-order valence-electron chi connectivity index (χ2n) is 20.6. The first-order chi connectivity index (χ1) is 33.3. The SMILES string of the molecule is Cc1ccsc1C.Cc1cncnc1C(C)C.Cc1nc(C(C)(C)C)nc(C(C)(C)C)n1.Cc1nc(C(C)C)nc(C(C)C)n1.Cc1nc(C)nc(C)n1.Cc1ncnc(C(C)C)c1C.Cc1ncncn1. The van der Waals surface area contributed by atoms with Crippen molar-refractivity contribution in [1.82, 2.24) is 79.7 Å². The number of nitrogens with zero attached hydrogens (tertiary/aromatic N) is 16. The highest BCUT2D eigenvalue weighted by Gasteiger charge is 2.24. The molecule has 16 nitrogen and oxygen atoms in total. The molecule has 17 heteroatoms. The van der Waals surface area contributed by atoms with Gasteiger partial charge >= 0.3 is 0 Å². The third-order valence-corrected chi connectivity index (χ3v) is 11.0. The van der Waals surface area contributed by atoms with Crippen LogP contribution in [0.15, 0.2) is 43.0 Å². The van der Waals surface area contributed by atoms with Crippen molar-refractivity contribution in [2.75, 3.05) is 0 Å². The van der Waals surface area contributed by atoms with Crippen LogP contribution in [0.1, 0.15) is 217 Å². The quantitative estimate of drug-likeness (QED) is 0.161. The third kappa shape index (κ3) is 24.8. The van der Waals surface area contributed by atoms with Gasteiger partial charge in [-0.25, -0.2) is 79.7 Å². The van der Waals surface area contributed by atoms with Crippen LogP contribution in [0.5, 0.6) is 0 Å². The topological polar surface area (TPSA) is 206 Å². The molecule has 0 atom stereocenters. The van der Waals surface area contributed by atoms with Crippen molar-refractivity contribution in [3.63, 3.8) is 0 Å². The normalized spacial score (nSPS) is 10.8. The lowest BCUT2D eigenvalue weighted by Crippen LogP contribution is -2.24. The zero-order chi connectivity index (χ0) is 55.1. The zero-order valence-electron chi connectivity index (χ0n) is 48.4. The molecule has 7 aromatic heterocycles. The van der Waals surface area contributed by atoms with E-state index in [-0.39, 0.29) is 10.8 Å². The number of aromatic nitrogens is 16. The Morgan fingerprint density at radius 2 is 0.806 bits per heavy atom. The summed E-state index contributed by atoms with van der Waals surface area (Å²) in [5.74, 6) is 10.1. The van der Waals surface area contributed by atoms with Crippen LogP contribution < -0.4 is 0 Å². The highest BCUT2D eigenvalue weighted by atomic mass is 32.1. The number of thiophene rings is 1. The Kier molecular flexibility index (Phi) is 27.3. The van der Waals surface area contributed by atoms with E-state index in [2.05, 4.69) is 209 Å². The molecule has 0 aliphatic rings. The fraction of sp³-hybridized carbons (Fsp3) is 0.564. The monoisotopic (exact) mass is 1000 g/mol. The van der Waals surface area contributed by atoms with Crippen molar-refractivity contribution < 1.29 is 0 Å². The van der Waals surface area contributed by atoms with Crippen molar-refractivity contribution >= 4 is 11.3 Å². The summed E-state index contributed by atoms with van der Waals surface area (Å²) in [6, 6.07) is 2.14. The molecule has 0 spiro atoms. The molecule has 0 unspecified atom stereocenters. The van der Waals surface area contributed by atoms with E-state index >= 15 is 0 Å². The first-order valence-electron chi connectivity index (χ1n) is 24.6. The predicted molar refractivity (Wildman–Crippen MR) is 294 cm³/mol. The summed E-state index contributed by atoms with van der Waals surface area (Å²) >= 11 is 1.80. The minimum absolute atomic E-state index is 0.0201. The lowest BCUT2D eigenvalue weighted by atomic mass is 9.93. The van der Waals surface area contributed by atoms with Crippen LogP contribution >= 0.6 is 11.3 Å². The lowest BCUT2D eigenvalue weighted by molar-refractivity contribution is 0.491. The summed E-state index contributed by atoms with van der Waals surface area (Å²) in [6.45, 7) is 51.3. The molecule has 0 fully saturated rings. The summed E-state index contributed by atoms with van der Waals surface area (Å²) < 4.78 is 0. The Balaban J connectivity index is 0.000000426. The van der Waals surface area contributed by atoms with Gasteiger partial charge in [-0.1, -0.05) is 96.9 Å². The number of hydrogen-bond acceptors (Lipinski definition) is 17. The molecule has 7 rings (SSSR count). The molecule has 7 heterocycles.